The number of halogens is 1. The fraction of sp³-hybridized carbons (Fsp3) is 0.111. The zero-order valence-corrected chi connectivity index (χ0v) is 16.1. The predicted molar refractivity (Wildman–Crippen MR) is 105 cm³/mol. The second-order valence-corrected chi connectivity index (χ2v) is 6.88. The van der Waals surface area contributed by atoms with E-state index in [4.69, 9.17) is 4.74 Å². The number of phenols is 1. The molecule has 1 heterocycles. The number of ether oxygens (including phenoxy) is 1. The summed E-state index contributed by atoms with van der Waals surface area (Å²) in [6, 6.07) is 13.1. The number of rotatable bonds is 4. The maximum Gasteiger partial charge on any atom is 0.205 e. The number of hydrogen-bond donors (Lipinski definition) is 1. The van der Waals surface area contributed by atoms with Gasteiger partial charge in [0.25, 0.3) is 0 Å². The first-order valence-corrected chi connectivity index (χ1v) is 9.10. The minimum Gasteiger partial charge on any atom is -0.504 e. The molecule has 0 amide bonds. The van der Waals surface area contributed by atoms with Crippen molar-refractivity contribution in [3.63, 3.8) is 0 Å². The van der Waals surface area contributed by atoms with Gasteiger partial charge in [0.05, 0.1) is 19.0 Å². The third-order valence-electron chi connectivity index (χ3n) is 3.52. The van der Waals surface area contributed by atoms with Crippen LogP contribution in [0.5, 0.6) is 11.5 Å². The van der Waals surface area contributed by atoms with Crippen molar-refractivity contribution in [3.8, 4) is 22.8 Å². The number of aromatic nitrogens is 1. The summed E-state index contributed by atoms with van der Waals surface area (Å²) < 4.78 is 7.94. The Balaban J connectivity index is 2.04. The lowest BCUT2D eigenvalue weighted by Crippen LogP contribution is -2.11. The molecule has 5 nitrogen and oxygen atoms in total. The number of benzene rings is 2. The summed E-state index contributed by atoms with van der Waals surface area (Å²) in [6.07, 6.45) is 1.71. The number of aromatic hydroxyl groups is 1. The highest BCUT2D eigenvalue weighted by Gasteiger charge is 2.08. The largest absolute Gasteiger partial charge is 0.504 e. The molecule has 0 spiro atoms. The molecule has 0 saturated heterocycles. The van der Waals surface area contributed by atoms with Crippen molar-refractivity contribution >= 4 is 33.5 Å². The van der Waals surface area contributed by atoms with Gasteiger partial charge in [-0.15, -0.1) is 11.3 Å². The smallest absolute Gasteiger partial charge is 0.205 e. The van der Waals surface area contributed by atoms with Crippen LogP contribution in [0.4, 0.5) is 0 Å². The second kappa shape index (κ2) is 7.67. The van der Waals surface area contributed by atoms with Gasteiger partial charge in [-0.3, -0.25) is 4.99 Å². The average molecular weight is 418 g/mol. The van der Waals surface area contributed by atoms with E-state index in [1.165, 1.54) is 18.4 Å². The van der Waals surface area contributed by atoms with Crippen molar-refractivity contribution in [1.82, 2.24) is 4.68 Å². The average Bonchev–Trinajstić information content (AvgIpc) is 3.04. The topological polar surface area (TPSA) is 59.1 Å². The molecular formula is C18H16BrN3O2S. The third-order valence-corrected chi connectivity index (χ3v) is 4.92. The Kier molecular flexibility index (Phi) is 5.35. The standard InChI is InChI=1S/C18H16BrN3O2S/c1-20-18-22(15(11-25-18)13-4-3-5-14(19)9-13)21-10-12-6-7-16(23)17(8-12)24-2/h3-11,23H,1-2H3. The van der Waals surface area contributed by atoms with E-state index in [-0.39, 0.29) is 5.75 Å². The van der Waals surface area contributed by atoms with E-state index in [0.717, 1.165) is 26.1 Å². The summed E-state index contributed by atoms with van der Waals surface area (Å²) in [5.74, 6) is 0.508. The van der Waals surface area contributed by atoms with E-state index < -0.39 is 0 Å². The Hall–Kier alpha value is -2.38. The molecule has 0 unspecified atom stereocenters. The van der Waals surface area contributed by atoms with E-state index in [1.807, 2.05) is 29.6 Å². The molecule has 0 bridgehead atoms. The van der Waals surface area contributed by atoms with Crippen LogP contribution in [0.3, 0.4) is 0 Å². The molecule has 0 saturated carbocycles. The van der Waals surface area contributed by atoms with Gasteiger partial charge in [-0.05, 0) is 35.9 Å². The molecule has 7 heteroatoms. The van der Waals surface area contributed by atoms with E-state index in [1.54, 1.807) is 36.1 Å². The zero-order valence-electron chi connectivity index (χ0n) is 13.7. The van der Waals surface area contributed by atoms with Crippen molar-refractivity contribution in [1.29, 1.82) is 0 Å². The van der Waals surface area contributed by atoms with Crippen LogP contribution >= 0.6 is 27.3 Å². The van der Waals surface area contributed by atoms with Crippen LogP contribution in [0, 0.1) is 0 Å². The lowest BCUT2D eigenvalue weighted by Gasteiger charge is -2.05. The van der Waals surface area contributed by atoms with Gasteiger partial charge < -0.3 is 9.84 Å². The van der Waals surface area contributed by atoms with Crippen LogP contribution in [0.1, 0.15) is 5.56 Å². The Morgan fingerprint density at radius 1 is 1.24 bits per heavy atom. The molecule has 0 fully saturated rings. The quantitative estimate of drug-likeness (QED) is 0.649. The van der Waals surface area contributed by atoms with Gasteiger partial charge in [-0.25, -0.2) is 4.68 Å². The number of nitrogens with zero attached hydrogens (tertiary/aromatic N) is 3. The zero-order chi connectivity index (χ0) is 17.8. The fourth-order valence-electron chi connectivity index (χ4n) is 2.31. The van der Waals surface area contributed by atoms with E-state index in [2.05, 4.69) is 26.0 Å². The van der Waals surface area contributed by atoms with Gasteiger partial charge in [0.1, 0.15) is 0 Å². The minimum atomic E-state index is 0.0990. The van der Waals surface area contributed by atoms with Crippen molar-refractivity contribution in [3.05, 3.63) is 62.7 Å². The molecular weight excluding hydrogens is 402 g/mol. The first kappa shape index (κ1) is 17.4. The Morgan fingerprint density at radius 2 is 2.08 bits per heavy atom. The molecule has 1 N–H and O–H groups in total. The van der Waals surface area contributed by atoms with Crippen LogP contribution < -0.4 is 9.54 Å². The SMILES string of the molecule is CN=c1scc(-c2cccc(Br)c2)n1N=Cc1ccc(O)c(OC)c1. The molecule has 2 aromatic carbocycles. The number of methoxy groups -OCH3 is 1. The second-order valence-electron chi connectivity index (χ2n) is 5.13. The molecule has 0 aliphatic heterocycles. The van der Waals surface area contributed by atoms with Crippen LogP contribution in [0.15, 0.2) is 62.4 Å². The highest BCUT2D eigenvalue weighted by atomic mass is 79.9. The van der Waals surface area contributed by atoms with Gasteiger partial charge in [0.15, 0.2) is 11.5 Å². The lowest BCUT2D eigenvalue weighted by atomic mass is 10.2. The third kappa shape index (κ3) is 3.83. The summed E-state index contributed by atoms with van der Waals surface area (Å²) in [7, 11) is 3.26. The fourth-order valence-corrected chi connectivity index (χ4v) is 3.51. The number of hydrogen-bond acceptors (Lipinski definition) is 5. The van der Waals surface area contributed by atoms with Crippen LogP contribution in [-0.4, -0.2) is 30.2 Å². The first-order chi connectivity index (χ1) is 12.1. The molecule has 3 aromatic rings. The van der Waals surface area contributed by atoms with Gasteiger partial charge in [0, 0.05) is 22.5 Å². The molecule has 128 valence electrons. The van der Waals surface area contributed by atoms with E-state index in [9.17, 15) is 5.11 Å². The lowest BCUT2D eigenvalue weighted by molar-refractivity contribution is 0.373. The Morgan fingerprint density at radius 3 is 2.80 bits per heavy atom. The van der Waals surface area contributed by atoms with Crippen molar-refractivity contribution in [2.24, 2.45) is 10.1 Å². The molecule has 3 rings (SSSR count). The van der Waals surface area contributed by atoms with Crippen molar-refractivity contribution < 1.29 is 9.84 Å². The predicted octanol–water partition coefficient (Wildman–Crippen LogP) is 4.11. The van der Waals surface area contributed by atoms with Gasteiger partial charge in [-0.1, -0.05) is 28.1 Å². The van der Waals surface area contributed by atoms with E-state index >= 15 is 0 Å². The minimum absolute atomic E-state index is 0.0990. The summed E-state index contributed by atoms with van der Waals surface area (Å²) >= 11 is 5.03. The Bertz CT molecular complexity index is 992. The van der Waals surface area contributed by atoms with Crippen molar-refractivity contribution in [2.75, 3.05) is 14.2 Å². The monoisotopic (exact) mass is 417 g/mol. The molecule has 1 aromatic heterocycles. The molecule has 0 aliphatic rings. The van der Waals surface area contributed by atoms with Crippen LogP contribution in [-0.2, 0) is 0 Å². The normalized spacial score (nSPS) is 12.0. The maximum absolute atomic E-state index is 9.70. The van der Waals surface area contributed by atoms with Crippen LogP contribution in [0.2, 0.25) is 0 Å². The first-order valence-electron chi connectivity index (χ1n) is 7.43. The maximum atomic E-state index is 9.70. The molecule has 0 atom stereocenters. The highest BCUT2D eigenvalue weighted by molar-refractivity contribution is 9.10. The summed E-state index contributed by atoms with van der Waals surface area (Å²) in [5, 5.41) is 16.3. The molecule has 25 heavy (non-hydrogen) atoms. The van der Waals surface area contributed by atoms with Gasteiger partial charge in [0.2, 0.25) is 4.80 Å². The highest BCUT2D eigenvalue weighted by Crippen LogP contribution is 2.26. The summed E-state index contributed by atoms with van der Waals surface area (Å²) in [4.78, 5) is 5.08. The molecule has 0 aliphatic carbocycles. The van der Waals surface area contributed by atoms with Crippen LogP contribution in [0.25, 0.3) is 11.3 Å². The number of phenolic OH excluding ortho intramolecular Hbond substituents is 1. The van der Waals surface area contributed by atoms with E-state index in [0.29, 0.717) is 5.75 Å². The summed E-state index contributed by atoms with van der Waals surface area (Å²) in [6.45, 7) is 0. The van der Waals surface area contributed by atoms with Gasteiger partial charge in [-0.2, -0.15) is 5.10 Å². The summed E-state index contributed by atoms with van der Waals surface area (Å²) in [5.41, 5.74) is 2.81. The van der Waals surface area contributed by atoms with Crippen molar-refractivity contribution in [2.45, 2.75) is 0 Å². The number of thiazole rings is 1. The van der Waals surface area contributed by atoms with Gasteiger partial charge >= 0.3 is 0 Å². The Labute approximate surface area is 157 Å². The molecule has 0 radical (unpaired) electrons.